The zero-order valence-electron chi connectivity index (χ0n) is 10.5. The van der Waals surface area contributed by atoms with Gasteiger partial charge in [-0.05, 0) is 31.6 Å². The molecule has 0 bridgehead atoms. The maximum Gasteiger partial charge on any atom is -0.0234 e. The highest BCUT2D eigenvalue weighted by molar-refractivity contribution is 4.89. The molecule has 0 nitrogen and oxygen atoms in total. The monoisotopic (exact) mass is 208 g/mol. The van der Waals surface area contributed by atoms with Gasteiger partial charge in [-0.25, -0.2) is 0 Å². The van der Waals surface area contributed by atoms with Crippen LogP contribution in [-0.2, 0) is 0 Å². The lowest BCUT2D eigenvalue weighted by molar-refractivity contribution is 0.556. The highest BCUT2D eigenvalue weighted by atomic mass is 14.1. The lowest BCUT2D eigenvalue weighted by Crippen LogP contribution is -1.92. The van der Waals surface area contributed by atoms with Gasteiger partial charge in [-0.2, -0.15) is 0 Å². The van der Waals surface area contributed by atoms with Crippen LogP contribution in [-0.4, -0.2) is 0 Å². The maximum atomic E-state index is 2.51. The Bertz CT molecular complexity index is 149. The zero-order valence-corrected chi connectivity index (χ0v) is 10.5. The third-order valence-electron chi connectivity index (χ3n) is 3.53. The summed E-state index contributed by atoms with van der Waals surface area (Å²) in [6.07, 6.45) is 20.6. The van der Waals surface area contributed by atoms with E-state index in [2.05, 4.69) is 19.1 Å². The predicted molar refractivity (Wildman–Crippen MR) is 69.1 cm³/mol. The minimum absolute atomic E-state index is 0.915. The number of unbranched alkanes of at least 4 members (excludes halogenated alkanes) is 4. The van der Waals surface area contributed by atoms with E-state index in [1.807, 2.05) is 0 Å². The van der Waals surface area contributed by atoms with Crippen LogP contribution in [0.3, 0.4) is 0 Å². The zero-order chi connectivity index (χ0) is 10.8. The van der Waals surface area contributed by atoms with E-state index in [0.29, 0.717) is 0 Å². The molecule has 0 atom stereocenters. The highest BCUT2D eigenvalue weighted by Gasteiger charge is 2.07. The van der Waals surface area contributed by atoms with Gasteiger partial charge >= 0.3 is 0 Å². The second kappa shape index (κ2) is 9.00. The van der Waals surface area contributed by atoms with Gasteiger partial charge in [0.05, 0.1) is 0 Å². The quantitative estimate of drug-likeness (QED) is 0.308. The van der Waals surface area contributed by atoms with Gasteiger partial charge in [-0.15, -0.1) is 0 Å². The van der Waals surface area contributed by atoms with E-state index >= 15 is 0 Å². The predicted octanol–water partition coefficient (Wildman–Crippen LogP) is 5.48. The highest BCUT2D eigenvalue weighted by Crippen LogP contribution is 2.23. The summed E-state index contributed by atoms with van der Waals surface area (Å²) in [5.74, 6) is 0.915. The normalized spacial score (nSPS) is 19.5. The molecule has 0 spiro atoms. The molecule has 15 heavy (non-hydrogen) atoms. The molecule has 0 N–H and O–H groups in total. The molecule has 1 aliphatic carbocycles. The second-order valence-electron chi connectivity index (χ2n) is 5.03. The summed E-state index contributed by atoms with van der Waals surface area (Å²) in [4.78, 5) is 0. The minimum atomic E-state index is 0.915. The van der Waals surface area contributed by atoms with E-state index in [1.54, 1.807) is 0 Å². The van der Waals surface area contributed by atoms with Gasteiger partial charge < -0.3 is 0 Å². The molecular formula is C15H28. The Morgan fingerprint density at radius 3 is 2.33 bits per heavy atom. The largest absolute Gasteiger partial charge is 0.0883 e. The first-order chi connectivity index (χ1) is 7.43. The number of hydrogen-bond acceptors (Lipinski definition) is 0. The molecule has 88 valence electrons. The van der Waals surface area contributed by atoms with Crippen LogP contribution in [0.25, 0.3) is 0 Å². The van der Waals surface area contributed by atoms with Gasteiger partial charge in [-0.1, -0.05) is 64.0 Å². The van der Waals surface area contributed by atoms with E-state index in [-0.39, 0.29) is 0 Å². The molecular weight excluding hydrogens is 180 g/mol. The molecule has 0 heterocycles. The van der Waals surface area contributed by atoms with Crippen molar-refractivity contribution >= 4 is 0 Å². The summed E-state index contributed by atoms with van der Waals surface area (Å²) in [6, 6.07) is 0. The Labute approximate surface area is 96.2 Å². The summed E-state index contributed by atoms with van der Waals surface area (Å²) >= 11 is 0. The van der Waals surface area contributed by atoms with Crippen molar-refractivity contribution in [2.75, 3.05) is 0 Å². The molecule has 1 aliphatic rings. The Morgan fingerprint density at radius 2 is 1.67 bits per heavy atom. The van der Waals surface area contributed by atoms with Crippen LogP contribution in [0.2, 0.25) is 0 Å². The average Bonchev–Trinajstić information content (AvgIpc) is 2.52. The van der Waals surface area contributed by atoms with E-state index < -0.39 is 0 Å². The molecule has 1 fully saturated rings. The fraction of sp³-hybridized carbons (Fsp3) is 0.867. The smallest absolute Gasteiger partial charge is 0.0234 e. The Balaban J connectivity index is 2.02. The van der Waals surface area contributed by atoms with Crippen molar-refractivity contribution in [2.45, 2.75) is 77.6 Å². The molecule has 0 aromatic heterocycles. The first-order valence-corrected chi connectivity index (χ1v) is 7.10. The van der Waals surface area contributed by atoms with Gasteiger partial charge in [0.25, 0.3) is 0 Å². The van der Waals surface area contributed by atoms with Gasteiger partial charge in [-0.3, -0.25) is 0 Å². The summed E-state index contributed by atoms with van der Waals surface area (Å²) in [7, 11) is 0. The van der Waals surface area contributed by atoms with Gasteiger partial charge in [0.1, 0.15) is 0 Å². The SMILES string of the molecule is CCCCCC/C=C/C1CCCCCC1. The van der Waals surface area contributed by atoms with Crippen LogP contribution >= 0.6 is 0 Å². The number of rotatable bonds is 6. The van der Waals surface area contributed by atoms with Crippen LogP contribution < -0.4 is 0 Å². The standard InChI is InChI=1S/C15H28/c1-2-3-4-5-6-9-12-15-13-10-7-8-11-14-15/h9,12,15H,2-8,10-11,13-14H2,1H3/b12-9+. The van der Waals surface area contributed by atoms with Crippen molar-refractivity contribution < 1.29 is 0 Å². The molecule has 0 saturated heterocycles. The van der Waals surface area contributed by atoms with Gasteiger partial charge in [0, 0.05) is 0 Å². The Kier molecular flexibility index (Phi) is 7.69. The van der Waals surface area contributed by atoms with Crippen molar-refractivity contribution in [2.24, 2.45) is 5.92 Å². The fourth-order valence-corrected chi connectivity index (χ4v) is 2.48. The molecule has 1 rings (SSSR count). The van der Waals surface area contributed by atoms with Crippen molar-refractivity contribution in [3.05, 3.63) is 12.2 Å². The van der Waals surface area contributed by atoms with Crippen LogP contribution in [0.1, 0.15) is 77.6 Å². The van der Waals surface area contributed by atoms with Crippen LogP contribution in [0.4, 0.5) is 0 Å². The summed E-state index contributed by atoms with van der Waals surface area (Å²) in [5.41, 5.74) is 0. The first kappa shape index (κ1) is 12.8. The fourth-order valence-electron chi connectivity index (χ4n) is 2.48. The van der Waals surface area contributed by atoms with Crippen molar-refractivity contribution in [3.8, 4) is 0 Å². The van der Waals surface area contributed by atoms with Crippen LogP contribution in [0.15, 0.2) is 12.2 Å². The second-order valence-corrected chi connectivity index (χ2v) is 5.03. The number of hydrogen-bond donors (Lipinski definition) is 0. The molecule has 0 unspecified atom stereocenters. The van der Waals surface area contributed by atoms with Crippen molar-refractivity contribution in [3.63, 3.8) is 0 Å². The molecule has 0 aromatic rings. The van der Waals surface area contributed by atoms with Gasteiger partial charge in [0.15, 0.2) is 0 Å². The molecule has 0 heteroatoms. The summed E-state index contributed by atoms with van der Waals surface area (Å²) in [6.45, 7) is 2.28. The molecule has 0 radical (unpaired) electrons. The van der Waals surface area contributed by atoms with E-state index in [0.717, 1.165) is 5.92 Å². The van der Waals surface area contributed by atoms with Crippen molar-refractivity contribution in [1.29, 1.82) is 0 Å². The average molecular weight is 208 g/mol. The lowest BCUT2D eigenvalue weighted by atomic mass is 9.99. The molecule has 0 amide bonds. The topological polar surface area (TPSA) is 0 Å². The van der Waals surface area contributed by atoms with Crippen LogP contribution in [0.5, 0.6) is 0 Å². The van der Waals surface area contributed by atoms with E-state index in [4.69, 9.17) is 0 Å². The summed E-state index contributed by atoms with van der Waals surface area (Å²) < 4.78 is 0. The van der Waals surface area contributed by atoms with Crippen LogP contribution in [0, 0.1) is 5.92 Å². The molecule has 0 aromatic carbocycles. The third kappa shape index (κ3) is 6.76. The van der Waals surface area contributed by atoms with Crippen molar-refractivity contribution in [1.82, 2.24) is 0 Å². The summed E-state index contributed by atoms with van der Waals surface area (Å²) in [5, 5.41) is 0. The first-order valence-electron chi connectivity index (χ1n) is 7.10. The maximum absolute atomic E-state index is 2.51. The Hall–Kier alpha value is -0.260. The van der Waals surface area contributed by atoms with Gasteiger partial charge in [0.2, 0.25) is 0 Å². The van der Waals surface area contributed by atoms with E-state index in [1.165, 1.54) is 70.6 Å². The number of allylic oxidation sites excluding steroid dienone is 2. The molecule has 1 saturated carbocycles. The molecule has 0 aliphatic heterocycles. The lowest BCUT2D eigenvalue weighted by Gasteiger charge is -2.07. The minimum Gasteiger partial charge on any atom is -0.0883 e. The van der Waals surface area contributed by atoms with E-state index in [9.17, 15) is 0 Å². The Morgan fingerprint density at radius 1 is 0.933 bits per heavy atom. The third-order valence-corrected chi connectivity index (χ3v) is 3.53.